The number of hydrogen-bond acceptors (Lipinski definition) is 4. The summed E-state index contributed by atoms with van der Waals surface area (Å²) >= 11 is 0. The number of carbonyl (C=O) groups excluding carboxylic acids is 2. The Morgan fingerprint density at radius 2 is 1.59 bits per heavy atom. The van der Waals surface area contributed by atoms with E-state index in [9.17, 15) is 9.59 Å². The van der Waals surface area contributed by atoms with Crippen LogP contribution in [0.5, 0.6) is 5.75 Å². The number of nitrogens with zero attached hydrogens (tertiary/aromatic N) is 1. The molecule has 1 amide bonds. The molecule has 0 saturated carbocycles. The summed E-state index contributed by atoms with van der Waals surface area (Å²) in [5, 5.41) is 0. The van der Waals surface area contributed by atoms with E-state index in [-0.39, 0.29) is 11.3 Å². The van der Waals surface area contributed by atoms with Crippen molar-refractivity contribution in [2.75, 3.05) is 12.0 Å². The zero-order valence-electron chi connectivity index (χ0n) is 20.2. The van der Waals surface area contributed by atoms with Crippen molar-refractivity contribution in [3.05, 3.63) is 95.6 Å². The second-order valence-corrected chi connectivity index (χ2v) is 9.71. The molecule has 4 rings (SSSR count). The average Bonchev–Trinajstić information content (AvgIpc) is 2.84. The molecular weight excluding hydrogens is 426 g/mol. The molecule has 34 heavy (non-hydrogen) atoms. The van der Waals surface area contributed by atoms with E-state index in [1.165, 1.54) is 12.7 Å². The summed E-state index contributed by atoms with van der Waals surface area (Å²) in [6, 6.07) is 24.8. The van der Waals surface area contributed by atoms with E-state index in [0.717, 1.165) is 16.9 Å². The SMILES string of the molecule is COC(=O)[C@@H]1[C@H](Cc2cccc(OCc3ccccc3)c2)C(=O)N1c1ccc(C(C)(C)C)cc1. The number of hydrogen-bond donors (Lipinski definition) is 0. The van der Waals surface area contributed by atoms with Gasteiger partial charge in [0.25, 0.3) is 0 Å². The molecule has 0 unspecified atom stereocenters. The molecule has 0 N–H and O–H groups in total. The molecule has 3 aromatic carbocycles. The van der Waals surface area contributed by atoms with Crippen LogP contribution in [0.4, 0.5) is 5.69 Å². The lowest BCUT2D eigenvalue weighted by Gasteiger charge is -2.45. The number of carbonyl (C=O) groups is 2. The van der Waals surface area contributed by atoms with E-state index in [1.807, 2.05) is 78.9 Å². The fraction of sp³-hybridized carbons (Fsp3) is 0.310. The number of anilines is 1. The Kier molecular flexibility index (Phi) is 6.73. The van der Waals surface area contributed by atoms with Crippen LogP contribution in [0.1, 0.15) is 37.5 Å². The maximum Gasteiger partial charge on any atom is 0.329 e. The second-order valence-electron chi connectivity index (χ2n) is 9.71. The van der Waals surface area contributed by atoms with Crippen molar-refractivity contribution < 1.29 is 19.1 Å². The first-order chi connectivity index (χ1) is 16.3. The van der Waals surface area contributed by atoms with E-state index in [0.29, 0.717) is 18.7 Å². The van der Waals surface area contributed by atoms with E-state index < -0.39 is 17.9 Å². The quantitative estimate of drug-likeness (QED) is 0.356. The van der Waals surface area contributed by atoms with Crippen LogP contribution in [0, 0.1) is 5.92 Å². The summed E-state index contributed by atoms with van der Waals surface area (Å²) in [7, 11) is 1.36. The minimum Gasteiger partial charge on any atom is -0.489 e. The number of rotatable bonds is 7. The molecule has 5 heteroatoms. The van der Waals surface area contributed by atoms with Crippen molar-refractivity contribution in [2.45, 2.75) is 45.3 Å². The molecule has 1 heterocycles. The largest absolute Gasteiger partial charge is 0.489 e. The molecule has 0 aliphatic carbocycles. The number of esters is 1. The second kappa shape index (κ2) is 9.72. The van der Waals surface area contributed by atoms with Gasteiger partial charge >= 0.3 is 5.97 Å². The van der Waals surface area contributed by atoms with Gasteiger partial charge in [-0.3, -0.25) is 9.69 Å². The summed E-state index contributed by atoms with van der Waals surface area (Å²) in [4.78, 5) is 27.4. The molecule has 176 valence electrons. The number of benzene rings is 3. The van der Waals surface area contributed by atoms with Crippen LogP contribution in [0.25, 0.3) is 0 Å². The molecule has 0 radical (unpaired) electrons. The third-order valence-electron chi connectivity index (χ3n) is 6.27. The van der Waals surface area contributed by atoms with Gasteiger partial charge in [0.1, 0.15) is 18.4 Å². The first kappa shape index (κ1) is 23.6. The van der Waals surface area contributed by atoms with Gasteiger partial charge in [-0.05, 0) is 52.8 Å². The minimum atomic E-state index is -0.646. The molecule has 1 saturated heterocycles. The maximum atomic E-state index is 13.2. The highest BCUT2D eigenvalue weighted by atomic mass is 16.5. The number of amides is 1. The highest BCUT2D eigenvalue weighted by Gasteiger charge is 2.52. The van der Waals surface area contributed by atoms with Crippen molar-refractivity contribution in [1.29, 1.82) is 0 Å². The minimum absolute atomic E-state index is 0.00930. The maximum absolute atomic E-state index is 13.2. The number of β-lactam (4-membered cyclic amide) rings is 1. The van der Waals surface area contributed by atoms with Gasteiger partial charge in [0.2, 0.25) is 5.91 Å². The fourth-order valence-corrected chi connectivity index (χ4v) is 4.30. The van der Waals surface area contributed by atoms with Crippen molar-refractivity contribution >= 4 is 17.6 Å². The zero-order chi connectivity index (χ0) is 24.3. The summed E-state index contributed by atoms with van der Waals surface area (Å²) < 4.78 is 11.0. The summed E-state index contributed by atoms with van der Waals surface area (Å²) in [5.41, 5.74) is 3.92. The zero-order valence-corrected chi connectivity index (χ0v) is 20.2. The molecule has 0 aromatic heterocycles. The van der Waals surface area contributed by atoms with Crippen molar-refractivity contribution in [3.8, 4) is 5.75 Å². The Balaban J connectivity index is 1.48. The van der Waals surface area contributed by atoms with Gasteiger partial charge in [-0.1, -0.05) is 75.4 Å². The Morgan fingerprint density at radius 1 is 0.912 bits per heavy atom. The predicted octanol–water partition coefficient (Wildman–Crippen LogP) is 5.31. The van der Waals surface area contributed by atoms with E-state index in [2.05, 4.69) is 20.8 Å². The van der Waals surface area contributed by atoms with Crippen molar-refractivity contribution in [2.24, 2.45) is 5.92 Å². The lowest BCUT2D eigenvalue weighted by atomic mass is 9.81. The Hall–Kier alpha value is -3.60. The molecular formula is C29H31NO4. The third kappa shape index (κ3) is 4.98. The lowest BCUT2D eigenvalue weighted by Crippen LogP contribution is -2.65. The molecule has 2 atom stereocenters. The number of ether oxygens (including phenoxy) is 2. The van der Waals surface area contributed by atoms with Crippen molar-refractivity contribution in [1.82, 2.24) is 0 Å². The Bertz CT molecular complexity index is 1150. The van der Waals surface area contributed by atoms with Crippen molar-refractivity contribution in [3.63, 3.8) is 0 Å². The van der Waals surface area contributed by atoms with Crippen LogP contribution in [0.3, 0.4) is 0 Å². The molecule has 1 aliphatic rings. The first-order valence-electron chi connectivity index (χ1n) is 11.5. The van der Waals surface area contributed by atoms with Gasteiger partial charge in [-0.25, -0.2) is 4.79 Å². The molecule has 1 fully saturated rings. The third-order valence-corrected chi connectivity index (χ3v) is 6.27. The van der Waals surface area contributed by atoms with Gasteiger partial charge in [-0.2, -0.15) is 0 Å². The normalized spacial score (nSPS) is 17.8. The van der Waals surface area contributed by atoms with E-state index in [1.54, 1.807) is 4.90 Å². The number of methoxy groups -OCH3 is 1. The van der Waals surface area contributed by atoms with Crippen LogP contribution in [0.2, 0.25) is 0 Å². The average molecular weight is 458 g/mol. The predicted molar refractivity (Wildman–Crippen MR) is 133 cm³/mol. The van der Waals surface area contributed by atoms with Crippen LogP contribution < -0.4 is 9.64 Å². The van der Waals surface area contributed by atoms with Gasteiger partial charge in [0.15, 0.2) is 0 Å². The van der Waals surface area contributed by atoms with Crippen LogP contribution in [0.15, 0.2) is 78.9 Å². The van der Waals surface area contributed by atoms with Gasteiger partial charge in [0.05, 0.1) is 13.0 Å². The highest BCUT2D eigenvalue weighted by molar-refractivity contribution is 6.10. The first-order valence-corrected chi connectivity index (χ1v) is 11.5. The monoisotopic (exact) mass is 457 g/mol. The fourth-order valence-electron chi connectivity index (χ4n) is 4.30. The highest BCUT2D eigenvalue weighted by Crippen LogP contribution is 2.37. The van der Waals surface area contributed by atoms with Crippen LogP contribution in [-0.2, 0) is 32.8 Å². The standard InChI is InChI=1S/C29H31NO4/c1-29(2,3)22-13-15-23(16-14-22)30-26(28(32)33-4)25(27(30)31)18-21-11-8-12-24(17-21)34-19-20-9-6-5-7-10-20/h5-17,25-26H,18-19H2,1-4H3/t25-,26-/m0/s1. The molecule has 0 spiro atoms. The molecule has 0 bridgehead atoms. The Labute approximate surface area is 201 Å². The van der Waals surface area contributed by atoms with E-state index >= 15 is 0 Å². The molecule has 5 nitrogen and oxygen atoms in total. The Morgan fingerprint density at radius 3 is 2.24 bits per heavy atom. The van der Waals surface area contributed by atoms with Crippen LogP contribution >= 0.6 is 0 Å². The molecule has 1 aliphatic heterocycles. The molecule has 3 aromatic rings. The lowest BCUT2D eigenvalue weighted by molar-refractivity contribution is -0.152. The topological polar surface area (TPSA) is 55.8 Å². The van der Waals surface area contributed by atoms with Gasteiger partial charge < -0.3 is 9.47 Å². The van der Waals surface area contributed by atoms with Crippen LogP contribution in [-0.4, -0.2) is 25.0 Å². The summed E-state index contributed by atoms with van der Waals surface area (Å²) in [6.07, 6.45) is 0.442. The van der Waals surface area contributed by atoms with Gasteiger partial charge in [0, 0.05) is 5.69 Å². The summed E-state index contributed by atoms with van der Waals surface area (Å²) in [5.74, 6) is -0.216. The summed E-state index contributed by atoms with van der Waals surface area (Å²) in [6.45, 7) is 6.89. The smallest absolute Gasteiger partial charge is 0.329 e. The van der Waals surface area contributed by atoms with E-state index in [4.69, 9.17) is 9.47 Å². The van der Waals surface area contributed by atoms with Gasteiger partial charge in [-0.15, -0.1) is 0 Å².